The van der Waals surface area contributed by atoms with Crippen LogP contribution in [0.15, 0.2) is 54.6 Å². The van der Waals surface area contributed by atoms with Gasteiger partial charge in [0.05, 0.1) is 18.8 Å². The van der Waals surface area contributed by atoms with Gasteiger partial charge in [0.2, 0.25) is 0 Å². The molecular formula is C18H24N2O. The molecule has 0 bridgehead atoms. The van der Waals surface area contributed by atoms with Gasteiger partial charge in [-0.1, -0.05) is 42.5 Å². The smallest absolute Gasteiger partial charge is 0.142 e. The molecule has 0 saturated heterocycles. The van der Waals surface area contributed by atoms with Crippen LogP contribution in [0.5, 0.6) is 5.75 Å². The Morgan fingerprint density at radius 2 is 1.71 bits per heavy atom. The molecule has 3 nitrogen and oxygen atoms in total. The van der Waals surface area contributed by atoms with Crippen LogP contribution in [0.25, 0.3) is 0 Å². The third-order valence-electron chi connectivity index (χ3n) is 3.78. The van der Waals surface area contributed by atoms with Crippen molar-refractivity contribution >= 4 is 5.69 Å². The van der Waals surface area contributed by atoms with E-state index in [1.807, 2.05) is 19.2 Å². The summed E-state index contributed by atoms with van der Waals surface area (Å²) in [6, 6.07) is 19.1. The van der Waals surface area contributed by atoms with Crippen molar-refractivity contribution in [2.45, 2.75) is 12.5 Å². The SMILES string of the molecule is CNCCC(c1ccccc1)N(C)c1ccccc1OC. The van der Waals surface area contributed by atoms with Gasteiger partial charge in [0.25, 0.3) is 0 Å². The second-order valence-electron chi connectivity index (χ2n) is 5.10. The molecule has 0 aromatic heterocycles. The molecule has 3 heteroatoms. The summed E-state index contributed by atoms with van der Waals surface area (Å²) in [5.41, 5.74) is 2.44. The number of rotatable bonds is 7. The maximum Gasteiger partial charge on any atom is 0.142 e. The molecule has 0 aliphatic heterocycles. The lowest BCUT2D eigenvalue weighted by atomic mass is 10.0. The molecule has 0 amide bonds. The van der Waals surface area contributed by atoms with Crippen LogP contribution in [-0.2, 0) is 0 Å². The lowest BCUT2D eigenvalue weighted by molar-refractivity contribution is 0.413. The molecule has 0 aliphatic rings. The van der Waals surface area contributed by atoms with Crippen LogP contribution in [-0.4, -0.2) is 27.7 Å². The van der Waals surface area contributed by atoms with E-state index in [9.17, 15) is 0 Å². The minimum absolute atomic E-state index is 0.315. The van der Waals surface area contributed by atoms with Crippen LogP contribution < -0.4 is 15.0 Å². The van der Waals surface area contributed by atoms with Crippen LogP contribution in [0, 0.1) is 0 Å². The summed E-state index contributed by atoms with van der Waals surface area (Å²) >= 11 is 0. The third-order valence-corrected chi connectivity index (χ3v) is 3.78. The second kappa shape index (κ2) is 7.70. The van der Waals surface area contributed by atoms with Crippen molar-refractivity contribution in [2.75, 3.05) is 32.6 Å². The first-order valence-electron chi connectivity index (χ1n) is 7.33. The van der Waals surface area contributed by atoms with Crippen LogP contribution in [0.2, 0.25) is 0 Å². The van der Waals surface area contributed by atoms with Gasteiger partial charge in [0, 0.05) is 7.05 Å². The van der Waals surface area contributed by atoms with E-state index in [-0.39, 0.29) is 0 Å². The van der Waals surface area contributed by atoms with Gasteiger partial charge in [-0.2, -0.15) is 0 Å². The molecule has 0 heterocycles. The highest BCUT2D eigenvalue weighted by Gasteiger charge is 2.19. The summed E-state index contributed by atoms with van der Waals surface area (Å²) in [4.78, 5) is 2.30. The Bertz CT molecular complexity index is 542. The second-order valence-corrected chi connectivity index (χ2v) is 5.10. The first-order valence-corrected chi connectivity index (χ1v) is 7.33. The lowest BCUT2D eigenvalue weighted by Gasteiger charge is -2.31. The molecule has 112 valence electrons. The number of hydrogen-bond acceptors (Lipinski definition) is 3. The fourth-order valence-corrected chi connectivity index (χ4v) is 2.63. The van der Waals surface area contributed by atoms with E-state index in [0.717, 1.165) is 24.4 Å². The molecular weight excluding hydrogens is 260 g/mol. The summed E-state index contributed by atoms with van der Waals surface area (Å²) in [7, 11) is 5.84. The summed E-state index contributed by atoms with van der Waals surface area (Å²) < 4.78 is 5.50. The Labute approximate surface area is 127 Å². The van der Waals surface area contributed by atoms with E-state index in [2.05, 4.69) is 59.7 Å². The fourth-order valence-electron chi connectivity index (χ4n) is 2.63. The van der Waals surface area contributed by atoms with Crippen molar-refractivity contribution in [3.05, 3.63) is 60.2 Å². The van der Waals surface area contributed by atoms with Gasteiger partial charge >= 0.3 is 0 Å². The normalized spacial score (nSPS) is 12.0. The highest BCUT2D eigenvalue weighted by atomic mass is 16.5. The molecule has 2 rings (SSSR count). The van der Waals surface area contributed by atoms with E-state index < -0.39 is 0 Å². The highest BCUT2D eigenvalue weighted by molar-refractivity contribution is 5.59. The van der Waals surface area contributed by atoms with E-state index in [1.165, 1.54) is 5.56 Å². The first-order chi connectivity index (χ1) is 10.3. The van der Waals surface area contributed by atoms with Crippen molar-refractivity contribution in [3.63, 3.8) is 0 Å². The van der Waals surface area contributed by atoms with Crippen LogP contribution >= 0.6 is 0 Å². The molecule has 1 atom stereocenters. The molecule has 1 unspecified atom stereocenters. The molecule has 0 aliphatic carbocycles. The van der Waals surface area contributed by atoms with Gasteiger partial charge in [-0.3, -0.25) is 0 Å². The maximum atomic E-state index is 5.50. The molecule has 21 heavy (non-hydrogen) atoms. The Morgan fingerprint density at radius 1 is 1.05 bits per heavy atom. The van der Waals surface area contributed by atoms with Crippen molar-refractivity contribution in [1.29, 1.82) is 0 Å². The van der Waals surface area contributed by atoms with Gasteiger partial charge < -0.3 is 15.0 Å². The summed E-state index contributed by atoms with van der Waals surface area (Å²) in [6.45, 7) is 0.971. The van der Waals surface area contributed by atoms with Gasteiger partial charge in [0.15, 0.2) is 0 Å². The van der Waals surface area contributed by atoms with Gasteiger partial charge in [-0.25, -0.2) is 0 Å². The Kier molecular flexibility index (Phi) is 5.64. The molecule has 2 aromatic carbocycles. The molecule has 0 radical (unpaired) electrons. The molecule has 0 fully saturated rings. The lowest BCUT2D eigenvalue weighted by Crippen LogP contribution is -2.27. The Morgan fingerprint density at radius 3 is 2.38 bits per heavy atom. The van der Waals surface area contributed by atoms with E-state index in [1.54, 1.807) is 7.11 Å². The number of ether oxygens (including phenoxy) is 1. The largest absolute Gasteiger partial charge is 0.495 e. The van der Waals surface area contributed by atoms with E-state index >= 15 is 0 Å². The summed E-state index contributed by atoms with van der Waals surface area (Å²) in [6.07, 6.45) is 1.04. The van der Waals surface area contributed by atoms with Crippen LogP contribution in [0.3, 0.4) is 0 Å². The standard InChI is InChI=1S/C18H24N2O/c1-19-14-13-16(15-9-5-4-6-10-15)20(2)17-11-7-8-12-18(17)21-3/h4-12,16,19H,13-14H2,1-3H3. The first kappa shape index (κ1) is 15.4. The maximum absolute atomic E-state index is 5.50. The predicted octanol–water partition coefficient (Wildman–Crippen LogP) is 3.48. The minimum Gasteiger partial charge on any atom is -0.495 e. The Balaban J connectivity index is 2.31. The fraction of sp³-hybridized carbons (Fsp3) is 0.333. The van der Waals surface area contributed by atoms with Crippen LogP contribution in [0.4, 0.5) is 5.69 Å². The van der Waals surface area contributed by atoms with Crippen molar-refractivity contribution in [3.8, 4) is 5.75 Å². The van der Waals surface area contributed by atoms with Crippen molar-refractivity contribution in [2.24, 2.45) is 0 Å². The number of benzene rings is 2. The molecule has 0 spiro atoms. The van der Waals surface area contributed by atoms with Crippen molar-refractivity contribution in [1.82, 2.24) is 5.32 Å². The zero-order valence-corrected chi connectivity index (χ0v) is 13.0. The van der Waals surface area contributed by atoms with Crippen LogP contribution in [0.1, 0.15) is 18.0 Å². The Hall–Kier alpha value is -2.00. The topological polar surface area (TPSA) is 24.5 Å². The number of nitrogens with one attached hydrogen (secondary N) is 1. The zero-order valence-electron chi connectivity index (χ0n) is 13.0. The molecule has 2 aromatic rings. The quantitative estimate of drug-likeness (QED) is 0.842. The summed E-state index contributed by atoms with van der Waals surface area (Å²) in [5.74, 6) is 0.908. The number of hydrogen-bond donors (Lipinski definition) is 1. The van der Waals surface area contributed by atoms with E-state index in [0.29, 0.717) is 6.04 Å². The third kappa shape index (κ3) is 3.76. The molecule has 1 N–H and O–H groups in total. The minimum atomic E-state index is 0.315. The van der Waals surface area contributed by atoms with Gasteiger partial charge in [-0.15, -0.1) is 0 Å². The summed E-state index contributed by atoms with van der Waals surface area (Å²) in [5, 5.41) is 3.24. The number of methoxy groups -OCH3 is 1. The van der Waals surface area contributed by atoms with Gasteiger partial charge in [0.1, 0.15) is 5.75 Å². The zero-order chi connectivity index (χ0) is 15.1. The number of para-hydroxylation sites is 2. The number of nitrogens with zero attached hydrogens (tertiary/aromatic N) is 1. The van der Waals surface area contributed by atoms with E-state index in [4.69, 9.17) is 4.74 Å². The average molecular weight is 284 g/mol. The van der Waals surface area contributed by atoms with Crippen molar-refractivity contribution < 1.29 is 4.74 Å². The monoisotopic (exact) mass is 284 g/mol. The predicted molar refractivity (Wildman–Crippen MR) is 89.1 cm³/mol. The highest BCUT2D eigenvalue weighted by Crippen LogP contribution is 2.34. The number of anilines is 1. The molecule has 0 saturated carbocycles. The average Bonchev–Trinajstić information content (AvgIpc) is 2.56. The van der Waals surface area contributed by atoms with Gasteiger partial charge in [-0.05, 0) is 37.7 Å².